The number of likely N-dealkylation sites (N-methyl/N-ethyl adjacent to an activating group) is 1. The first-order valence-electron chi connectivity index (χ1n) is 5.44. The van der Waals surface area contributed by atoms with Crippen LogP contribution in [0.4, 0.5) is 0 Å². The second kappa shape index (κ2) is 3.51. The number of hydrogen-bond acceptors (Lipinski definition) is 2. The Morgan fingerprint density at radius 3 is 2.13 bits per heavy atom. The van der Waals surface area contributed by atoms with Crippen molar-refractivity contribution in [3.63, 3.8) is 0 Å². The van der Waals surface area contributed by atoms with Crippen molar-refractivity contribution in [2.45, 2.75) is 52.1 Å². The van der Waals surface area contributed by atoms with E-state index in [0.29, 0.717) is 13.0 Å². The maximum absolute atomic E-state index is 12.1. The van der Waals surface area contributed by atoms with Crippen LogP contribution in [-0.2, 0) is 9.59 Å². The number of rotatable bonds is 2. The molecule has 1 N–H and O–H groups in total. The van der Waals surface area contributed by atoms with Crippen molar-refractivity contribution in [1.82, 2.24) is 10.2 Å². The van der Waals surface area contributed by atoms with Crippen LogP contribution in [0.5, 0.6) is 0 Å². The number of hydrogen-bond donors (Lipinski definition) is 1. The average molecular weight is 212 g/mol. The van der Waals surface area contributed by atoms with Crippen LogP contribution in [0.15, 0.2) is 0 Å². The molecule has 0 aromatic heterocycles. The fourth-order valence-electron chi connectivity index (χ4n) is 2.00. The summed E-state index contributed by atoms with van der Waals surface area (Å²) >= 11 is 0. The van der Waals surface area contributed by atoms with Crippen molar-refractivity contribution in [3.8, 4) is 0 Å². The van der Waals surface area contributed by atoms with Crippen molar-refractivity contribution in [2.24, 2.45) is 0 Å². The maximum Gasteiger partial charge on any atom is 0.248 e. The highest BCUT2D eigenvalue weighted by atomic mass is 16.2. The van der Waals surface area contributed by atoms with Crippen LogP contribution in [0, 0.1) is 0 Å². The standard InChI is InChI=1S/C11H20N2O2/c1-6-11(5)8(14)12-10(3,4)9(15)13(11)7-2/h6-7H2,1-5H3,(H,12,14). The van der Waals surface area contributed by atoms with Gasteiger partial charge in [0.15, 0.2) is 0 Å². The Labute approximate surface area is 91.0 Å². The first-order chi connectivity index (χ1) is 6.79. The molecular weight excluding hydrogens is 192 g/mol. The molecule has 0 aromatic rings. The highest BCUT2D eigenvalue weighted by Crippen LogP contribution is 2.28. The molecule has 4 nitrogen and oxygen atoms in total. The third kappa shape index (κ3) is 1.62. The molecule has 1 aliphatic rings. The molecule has 1 heterocycles. The Morgan fingerprint density at radius 2 is 1.73 bits per heavy atom. The topological polar surface area (TPSA) is 49.4 Å². The van der Waals surface area contributed by atoms with Gasteiger partial charge in [0.25, 0.3) is 0 Å². The molecule has 0 aliphatic carbocycles. The Hall–Kier alpha value is -1.06. The van der Waals surface area contributed by atoms with Crippen molar-refractivity contribution in [2.75, 3.05) is 6.54 Å². The summed E-state index contributed by atoms with van der Waals surface area (Å²) in [7, 11) is 0. The van der Waals surface area contributed by atoms with E-state index >= 15 is 0 Å². The number of nitrogens with zero attached hydrogens (tertiary/aromatic N) is 1. The van der Waals surface area contributed by atoms with Gasteiger partial charge in [-0.05, 0) is 34.1 Å². The van der Waals surface area contributed by atoms with E-state index in [1.165, 1.54) is 0 Å². The molecular formula is C11H20N2O2. The quantitative estimate of drug-likeness (QED) is 0.739. The molecule has 0 saturated carbocycles. The summed E-state index contributed by atoms with van der Waals surface area (Å²) < 4.78 is 0. The van der Waals surface area contributed by atoms with Crippen LogP contribution in [0.3, 0.4) is 0 Å². The van der Waals surface area contributed by atoms with Gasteiger partial charge in [-0.1, -0.05) is 6.92 Å². The second-order valence-electron chi connectivity index (χ2n) is 4.76. The van der Waals surface area contributed by atoms with Gasteiger partial charge in [0, 0.05) is 6.54 Å². The van der Waals surface area contributed by atoms with Crippen LogP contribution in [0.1, 0.15) is 41.0 Å². The molecule has 0 aromatic carbocycles. The Kier molecular flexibility index (Phi) is 2.81. The number of piperazine rings is 1. The first-order valence-corrected chi connectivity index (χ1v) is 5.44. The van der Waals surface area contributed by atoms with Gasteiger partial charge in [0.2, 0.25) is 11.8 Å². The number of amides is 2. The minimum absolute atomic E-state index is 0.00560. The van der Waals surface area contributed by atoms with Gasteiger partial charge in [0.05, 0.1) is 0 Å². The maximum atomic E-state index is 12.1. The van der Waals surface area contributed by atoms with Crippen molar-refractivity contribution in [3.05, 3.63) is 0 Å². The van der Waals surface area contributed by atoms with Crippen LogP contribution < -0.4 is 5.32 Å². The molecule has 1 aliphatic heterocycles. The van der Waals surface area contributed by atoms with Crippen LogP contribution in [0.2, 0.25) is 0 Å². The minimum Gasteiger partial charge on any atom is -0.340 e. The average Bonchev–Trinajstić information content (AvgIpc) is 2.15. The van der Waals surface area contributed by atoms with Crippen LogP contribution in [0.25, 0.3) is 0 Å². The lowest BCUT2D eigenvalue weighted by molar-refractivity contribution is -0.160. The lowest BCUT2D eigenvalue weighted by atomic mass is 9.86. The predicted octanol–water partition coefficient (Wildman–Crippen LogP) is 0.912. The van der Waals surface area contributed by atoms with Gasteiger partial charge in [-0.15, -0.1) is 0 Å². The van der Waals surface area contributed by atoms with Gasteiger partial charge < -0.3 is 10.2 Å². The van der Waals surface area contributed by atoms with E-state index < -0.39 is 11.1 Å². The fourth-order valence-corrected chi connectivity index (χ4v) is 2.00. The van der Waals surface area contributed by atoms with Gasteiger partial charge in [0.1, 0.15) is 11.1 Å². The summed E-state index contributed by atoms with van der Waals surface area (Å²) in [4.78, 5) is 25.8. The molecule has 15 heavy (non-hydrogen) atoms. The highest BCUT2D eigenvalue weighted by molar-refractivity contribution is 6.01. The van der Waals surface area contributed by atoms with E-state index in [4.69, 9.17) is 0 Å². The summed E-state index contributed by atoms with van der Waals surface area (Å²) in [6.07, 6.45) is 0.633. The van der Waals surface area contributed by atoms with Crippen molar-refractivity contribution < 1.29 is 9.59 Å². The zero-order valence-electron chi connectivity index (χ0n) is 10.2. The van der Waals surface area contributed by atoms with E-state index in [1.54, 1.807) is 18.7 Å². The first kappa shape index (κ1) is 12.0. The van der Waals surface area contributed by atoms with Gasteiger partial charge >= 0.3 is 0 Å². The summed E-state index contributed by atoms with van der Waals surface area (Å²) in [5, 5.41) is 2.78. The number of carbonyl (C=O) groups excluding carboxylic acids is 2. The van der Waals surface area contributed by atoms with E-state index in [0.717, 1.165) is 0 Å². The molecule has 0 bridgehead atoms. The Bertz CT molecular complexity index is 299. The summed E-state index contributed by atoms with van der Waals surface area (Å²) in [6, 6.07) is 0. The predicted molar refractivity (Wildman–Crippen MR) is 58.3 cm³/mol. The van der Waals surface area contributed by atoms with Gasteiger partial charge in [-0.2, -0.15) is 0 Å². The van der Waals surface area contributed by atoms with Gasteiger partial charge in [-0.3, -0.25) is 9.59 Å². The third-order valence-electron chi connectivity index (χ3n) is 3.30. The molecule has 1 saturated heterocycles. The van der Waals surface area contributed by atoms with E-state index in [9.17, 15) is 9.59 Å². The van der Waals surface area contributed by atoms with Crippen molar-refractivity contribution in [1.29, 1.82) is 0 Å². The summed E-state index contributed by atoms with van der Waals surface area (Å²) in [6.45, 7) is 9.70. The van der Waals surface area contributed by atoms with Gasteiger partial charge in [-0.25, -0.2) is 0 Å². The number of nitrogens with one attached hydrogen (secondary N) is 1. The molecule has 0 radical (unpaired) electrons. The highest BCUT2D eigenvalue weighted by Gasteiger charge is 2.50. The Morgan fingerprint density at radius 1 is 1.20 bits per heavy atom. The van der Waals surface area contributed by atoms with Crippen LogP contribution >= 0.6 is 0 Å². The Balaban J connectivity index is 3.14. The minimum atomic E-state index is -0.776. The zero-order chi connectivity index (χ0) is 11.9. The van der Waals surface area contributed by atoms with Crippen LogP contribution in [-0.4, -0.2) is 34.3 Å². The third-order valence-corrected chi connectivity index (χ3v) is 3.30. The van der Waals surface area contributed by atoms with E-state index in [-0.39, 0.29) is 11.8 Å². The molecule has 1 fully saturated rings. The molecule has 4 heteroatoms. The lowest BCUT2D eigenvalue weighted by Gasteiger charge is -2.48. The molecule has 1 unspecified atom stereocenters. The van der Waals surface area contributed by atoms with E-state index in [2.05, 4.69) is 5.32 Å². The smallest absolute Gasteiger partial charge is 0.248 e. The molecule has 86 valence electrons. The normalized spacial score (nSPS) is 30.3. The molecule has 1 rings (SSSR count). The molecule has 0 spiro atoms. The zero-order valence-corrected chi connectivity index (χ0v) is 10.2. The fraction of sp³-hybridized carbons (Fsp3) is 0.818. The molecule has 1 atom stereocenters. The number of carbonyl (C=O) groups is 2. The largest absolute Gasteiger partial charge is 0.340 e. The SMILES string of the molecule is CCN1C(=O)C(C)(C)NC(=O)C1(C)CC. The second-order valence-corrected chi connectivity index (χ2v) is 4.76. The molecule has 2 amide bonds. The summed E-state index contributed by atoms with van der Waals surface area (Å²) in [5.74, 6) is -0.0644. The van der Waals surface area contributed by atoms with E-state index in [1.807, 2.05) is 20.8 Å². The monoisotopic (exact) mass is 212 g/mol. The summed E-state index contributed by atoms with van der Waals surface area (Å²) in [5.41, 5.74) is -1.47. The van der Waals surface area contributed by atoms with Crippen molar-refractivity contribution >= 4 is 11.8 Å². The lowest BCUT2D eigenvalue weighted by Crippen LogP contribution is -2.72.